The molecule has 0 aliphatic rings. The summed E-state index contributed by atoms with van der Waals surface area (Å²) >= 11 is 0. The SMILES string of the molecule is CC(=O)N(C)c1nc2ccccc2n(CC(=O)Nc2cc(C)cc(C)c2)c1=O. The first-order valence-corrected chi connectivity index (χ1v) is 8.88. The van der Waals surface area contributed by atoms with Crippen molar-refractivity contribution < 1.29 is 9.59 Å². The van der Waals surface area contributed by atoms with Crippen LogP contribution in [0.5, 0.6) is 0 Å². The Bertz CT molecular complexity index is 1110. The van der Waals surface area contributed by atoms with Crippen molar-refractivity contribution >= 4 is 34.4 Å². The number of anilines is 2. The van der Waals surface area contributed by atoms with E-state index in [1.165, 1.54) is 23.4 Å². The standard InChI is InChI=1S/C21H22N4O3/c1-13-9-14(2)11-16(10-13)22-19(27)12-25-18-8-6-5-7-17(18)23-20(21(25)28)24(4)15(3)26/h5-11H,12H2,1-4H3,(H,22,27). The van der Waals surface area contributed by atoms with E-state index in [1.54, 1.807) is 24.3 Å². The van der Waals surface area contributed by atoms with Crippen LogP contribution in [-0.2, 0) is 16.1 Å². The maximum atomic E-state index is 13.0. The summed E-state index contributed by atoms with van der Waals surface area (Å²) in [6.45, 7) is 5.07. The van der Waals surface area contributed by atoms with Crippen LogP contribution >= 0.6 is 0 Å². The lowest BCUT2D eigenvalue weighted by atomic mass is 10.1. The van der Waals surface area contributed by atoms with Gasteiger partial charge in [-0.25, -0.2) is 4.98 Å². The Morgan fingerprint density at radius 3 is 2.39 bits per heavy atom. The Morgan fingerprint density at radius 1 is 1.11 bits per heavy atom. The van der Waals surface area contributed by atoms with Gasteiger partial charge in [0, 0.05) is 19.7 Å². The van der Waals surface area contributed by atoms with E-state index in [2.05, 4.69) is 10.3 Å². The predicted octanol–water partition coefficient (Wildman–Crippen LogP) is 2.63. The van der Waals surface area contributed by atoms with Crippen LogP contribution in [0, 0.1) is 13.8 Å². The molecule has 144 valence electrons. The van der Waals surface area contributed by atoms with Gasteiger partial charge in [0.1, 0.15) is 6.54 Å². The molecule has 0 aliphatic heterocycles. The molecule has 0 unspecified atom stereocenters. The summed E-state index contributed by atoms with van der Waals surface area (Å²) in [5.41, 5.74) is 3.31. The third-order valence-electron chi connectivity index (χ3n) is 4.43. The summed E-state index contributed by atoms with van der Waals surface area (Å²) in [5, 5.41) is 2.84. The van der Waals surface area contributed by atoms with Crippen LogP contribution in [0.3, 0.4) is 0 Å². The smallest absolute Gasteiger partial charge is 0.294 e. The number of amides is 2. The average Bonchev–Trinajstić information content (AvgIpc) is 2.62. The molecule has 0 saturated heterocycles. The van der Waals surface area contributed by atoms with Crippen LogP contribution in [0.15, 0.2) is 47.3 Å². The maximum Gasteiger partial charge on any atom is 0.294 e. The van der Waals surface area contributed by atoms with Crippen LogP contribution in [0.4, 0.5) is 11.5 Å². The minimum atomic E-state index is -0.494. The van der Waals surface area contributed by atoms with Crippen LogP contribution in [-0.4, -0.2) is 28.4 Å². The number of hydrogen-bond donors (Lipinski definition) is 1. The van der Waals surface area contributed by atoms with Gasteiger partial charge < -0.3 is 5.32 Å². The third-order valence-corrected chi connectivity index (χ3v) is 4.43. The Balaban J connectivity index is 2.01. The Hall–Kier alpha value is -3.48. The number of para-hydroxylation sites is 2. The van der Waals surface area contributed by atoms with Crippen molar-refractivity contribution in [1.82, 2.24) is 9.55 Å². The Morgan fingerprint density at radius 2 is 1.75 bits per heavy atom. The average molecular weight is 378 g/mol. The first-order chi connectivity index (χ1) is 13.3. The lowest BCUT2D eigenvalue weighted by Crippen LogP contribution is -2.36. The van der Waals surface area contributed by atoms with Crippen molar-refractivity contribution in [2.75, 3.05) is 17.3 Å². The molecule has 0 saturated carbocycles. The van der Waals surface area contributed by atoms with E-state index >= 15 is 0 Å². The van der Waals surface area contributed by atoms with Crippen molar-refractivity contribution in [3.05, 3.63) is 63.9 Å². The monoisotopic (exact) mass is 378 g/mol. The summed E-state index contributed by atoms with van der Waals surface area (Å²) in [6.07, 6.45) is 0. The van der Waals surface area contributed by atoms with Crippen LogP contribution in [0.25, 0.3) is 11.0 Å². The van der Waals surface area contributed by atoms with Crippen LogP contribution < -0.4 is 15.8 Å². The van der Waals surface area contributed by atoms with E-state index in [0.29, 0.717) is 16.7 Å². The summed E-state index contributed by atoms with van der Waals surface area (Å²) in [4.78, 5) is 42.8. The van der Waals surface area contributed by atoms with E-state index in [0.717, 1.165) is 11.1 Å². The predicted molar refractivity (Wildman–Crippen MR) is 110 cm³/mol. The maximum absolute atomic E-state index is 13.0. The first kappa shape index (κ1) is 19.3. The van der Waals surface area contributed by atoms with Crippen molar-refractivity contribution in [3.8, 4) is 0 Å². The van der Waals surface area contributed by atoms with Gasteiger partial charge in [0.15, 0.2) is 0 Å². The number of benzene rings is 2. The number of nitrogens with zero attached hydrogens (tertiary/aromatic N) is 3. The van der Waals surface area contributed by atoms with Crippen molar-refractivity contribution in [1.29, 1.82) is 0 Å². The minimum absolute atomic E-state index is 0.00889. The fourth-order valence-corrected chi connectivity index (χ4v) is 3.09. The van der Waals surface area contributed by atoms with Crippen molar-refractivity contribution in [2.45, 2.75) is 27.3 Å². The molecule has 3 rings (SSSR count). The Kier molecular flexibility index (Phi) is 5.26. The van der Waals surface area contributed by atoms with Crippen molar-refractivity contribution in [3.63, 3.8) is 0 Å². The number of rotatable bonds is 4. The Labute approximate surface area is 162 Å². The number of aryl methyl sites for hydroxylation is 2. The summed E-state index contributed by atoms with van der Waals surface area (Å²) in [7, 11) is 1.49. The van der Waals surface area contributed by atoms with Gasteiger partial charge in [-0.15, -0.1) is 0 Å². The van der Waals surface area contributed by atoms with E-state index in [9.17, 15) is 14.4 Å². The minimum Gasteiger partial charge on any atom is -0.325 e. The molecule has 0 aliphatic carbocycles. The molecule has 0 atom stereocenters. The molecular formula is C21H22N4O3. The highest BCUT2D eigenvalue weighted by molar-refractivity contribution is 5.93. The van der Waals surface area contributed by atoms with E-state index in [1.807, 2.05) is 32.0 Å². The zero-order valence-corrected chi connectivity index (χ0v) is 16.3. The van der Waals surface area contributed by atoms with Gasteiger partial charge in [-0.05, 0) is 49.2 Å². The third kappa shape index (κ3) is 3.93. The number of nitrogens with one attached hydrogen (secondary N) is 1. The van der Waals surface area contributed by atoms with Gasteiger partial charge in [0.2, 0.25) is 17.6 Å². The van der Waals surface area contributed by atoms with Crippen molar-refractivity contribution in [2.24, 2.45) is 0 Å². The molecule has 0 bridgehead atoms. The highest BCUT2D eigenvalue weighted by atomic mass is 16.2. The molecule has 0 spiro atoms. The zero-order valence-electron chi connectivity index (χ0n) is 16.3. The molecule has 0 radical (unpaired) electrons. The van der Waals surface area contributed by atoms with Gasteiger partial charge in [-0.1, -0.05) is 18.2 Å². The molecule has 0 fully saturated rings. The highest BCUT2D eigenvalue weighted by Crippen LogP contribution is 2.16. The highest BCUT2D eigenvalue weighted by Gasteiger charge is 2.18. The molecule has 2 amide bonds. The fraction of sp³-hybridized carbons (Fsp3) is 0.238. The lowest BCUT2D eigenvalue weighted by Gasteiger charge is -2.17. The van der Waals surface area contributed by atoms with Gasteiger partial charge in [0.05, 0.1) is 11.0 Å². The normalized spacial score (nSPS) is 10.7. The molecule has 1 N–H and O–H groups in total. The second-order valence-electron chi connectivity index (χ2n) is 6.82. The zero-order chi connectivity index (χ0) is 20.4. The molecule has 7 nitrogen and oxygen atoms in total. The fourth-order valence-electron chi connectivity index (χ4n) is 3.09. The van der Waals surface area contributed by atoms with Gasteiger partial charge in [0.25, 0.3) is 5.56 Å². The molecule has 3 aromatic rings. The summed E-state index contributed by atoms with van der Waals surface area (Å²) in [6, 6.07) is 12.8. The number of hydrogen-bond acceptors (Lipinski definition) is 4. The number of carbonyl (C=O) groups excluding carboxylic acids is 2. The molecule has 7 heteroatoms. The molecule has 1 aromatic heterocycles. The van der Waals surface area contributed by atoms with E-state index < -0.39 is 5.56 Å². The van der Waals surface area contributed by atoms with E-state index in [-0.39, 0.29) is 24.2 Å². The second-order valence-corrected chi connectivity index (χ2v) is 6.82. The van der Waals surface area contributed by atoms with Gasteiger partial charge in [-0.2, -0.15) is 0 Å². The van der Waals surface area contributed by atoms with Gasteiger partial charge >= 0.3 is 0 Å². The second kappa shape index (κ2) is 7.64. The van der Waals surface area contributed by atoms with E-state index in [4.69, 9.17) is 0 Å². The largest absolute Gasteiger partial charge is 0.325 e. The summed E-state index contributed by atoms with van der Waals surface area (Å²) < 4.78 is 1.34. The molecule has 28 heavy (non-hydrogen) atoms. The summed E-state index contributed by atoms with van der Waals surface area (Å²) in [5.74, 6) is -0.656. The number of aromatic nitrogens is 2. The quantitative estimate of drug-likeness (QED) is 0.756. The lowest BCUT2D eigenvalue weighted by molar-refractivity contribution is -0.117. The topological polar surface area (TPSA) is 84.3 Å². The first-order valence-electron chi connectivity index (χ1n) is 8.88. The van der Waals surface area contributed by atoms with Crippen LogP contribution in [0.2, 0.25) is 0 Å². The van der Waals surface area contributed by atoms with Crippen LogP contribution in [0.1, 0.15) is 18.1 Å². The number of fused-ring (bicyclic) bond motifs is 1. The number of carbonyl (C=O) groups is 2. The molecular weight excluding hydrogens is 356 g/mol. The van der Waals surface area contributed by atoms with Gasteiger partial charge in [-0.3, -0.25) is 23.9 Å². The molecule has 1 heterocycles. The molecule has 2 aromatic carbocycles.